The second-order valence-electron chi connectivity index (χ2n) is 6.52. The normalized spacial score (nSPS) is 10.8. The molecule has 4 nitrogen and oxygen atoms in total. The number of carbonyl (C=O) groups excluding carboxylic acids is 1. The molecule has 0 saturated carbocycles. The Labute approximate surface area is 162 Å². The predicted octanol–water partition coefficient (Wildman–Crippen LogP) is 5.09. The maximum Gasteiger partial charge on any atom is 0.201 e. The van der Waals surface area contributed by atoms with Crippen LogP contribution in [0.5, 0.6) is 5.75 Å². The highest BCUT2D eigenvalue weighted by molar-refractivity contribution is 5.89. The third-order valence-electron chi connectivity index (χ3n) is 4.40. The molecule has 0 atom stereocenters. The van der Waals surface area contributed by atoms with E-state index in [-0.39, 0.29) is 17.8 Å². The number of carbonyl (C=O) groups is 1. The van der Waals surface area contributed by atoms with Crippen LogP contribution in [0.1, 0.15) is 6.92 Å². The fourth-order valence-corrected chi connectivity index (χ4v) is 3.11. The van der Waals surface area contributed by atoms with Crippen molar-refractivity contribution in [3.8, 4) is 28.2 Å². The van der Waals surface area contributed by atoms with Gasteiger partial charge in [-0.15, -0.1) is 0 Å². The predicted molar refractivity (Wildman–Crippen MR) is 110 cm³/mol. The van der Waals surface area contributed by atoms with Gasteiger partial charge in [-0.1, -0.05) is 60.7 Å². The van der Waals surface area contributed by atoms with Gasteiger partial charge in [0.25, 0.3) is 0 Å². The molecule has 0 saturated heterocycles. The van der Waals surface area contributed by atoms with Crippen molar-refractivity contribution in [2.24, 2.45) is 0 Å². The van der Waals surface area contributed by atoms with E-state index in [4.69, 9.17) is 9.15 Å². The van der Waals surface area contributed by atoms with Crippen molar-refractivity contribution in [3.05, 3.63) is 89.1 Å². The van der Waals surface area contributed by atoms with Crippen molar-refractivity contribution in [2.75, 3.05) is 6.61 Å². The van der Waals surface area contributed by atoms with Crippen LogP contribution in [0.4, 0.5) is 0 Å². The van der Waals surface area contributed by atoms with Crippen molar-refractivity contribution >= 4 is 16.8 Å². The average molecular weight is 370 g/mol. The molecular weight excluding hydrogens is 352 g/mol. The summed E-state index contributed by atoms with van der Waals surface area (Å²) in [5.74, 6) is 0.913. The molecule has 0 spiro atoms. The Morgan fingerprint density at radius 3 is 2.18 bits per heavy atom. The summed E-state index contributed by atoms with van der Waals surface area (Å²) < 4.78 is 11.7. The number of ketones is 1. The topological polar surface area (TPSA) is 56.5 Å². The maximum absolute atomic E-state index is 13.3. The number of fused-ring (bicyclic) bond motifs is 1. The number of ether oxygens (including phenoxy) is 1. The van der Waals surface area contributed by atoms with Crippen LogP contribution in [0.25, 0.3) is 33.4 Å². The van der Waals surface area contributed by atoms with Gasteiger partial charge in [0.05, 0.1) is 10.9 Å². The summed E-state index contributed by atoms with van der Waals surface area (Å²) in [5.41, 5.74) is 2.45. The monoisotopic (exact) mass is 370 g/mol. The van der Waals surface area contributed by atoms with E-state index in [1.54, 1.807) is 18.2 Å². The number of hydrogen-bond donors (Lipinski definition) is 0. The van der Waals surface area contributed by atoms with Crippen LogP contribution in [0, 0.1) is 0 Å². The molecule has 0 bridgehead atoms. The van der Waals surface area contributed by atoms with E-state index in [2.05, 4.69) is 0 Å². The van der Waals surface area contributed by atoms with E-state index >= 15 is 0 Å². The fourth-order valence-electron chi connectivity index (χ4n) is 3.11. The van der Waals surface area contributed by atoms with Gasteiger partial charge in [0, 0.05) is 11.6 Å². The molecule has 3 aromatic carbocycles. The highest BCUT2D eigenvalue weighted by atomic mass is 16.5. The van der Waals surface area contributed by atoms with Crippen molar-refractivity contribution in [2.45, 2.75) is 6.92 Å². The molecule has 0 radical (unpaired) electrons. The minimum absolute atomic E-state index is 0.0244. The molecule has 0 aliphatic carbocycles. The van der Waals surface area contributed by atoms with E-state index in [9.17, 15) is 9.59 Å². The van der Waals surface area contributed by atoms with Gasteiger partial charge in [0.2, 0.25) is 5.43 Å². The van der Waals surface area contributed by atoms with Crippen molar-refractivity contribution in [3.63, 3.8) is 0 Å². The molecule has 138 valence electrons. The number of hydrogen-bond acceptors (Lipinski definition) is 4. The highest BCUT2D eigenvalue weighted by Crippen LogP contribution is 2.33. The smallest absolute Gasteiger partial charge is 0.201 e. The average Bonchev–Trinajstić information content (AvgIpc) is 2.73. The van der Waals surface area contributed by atoms with Crippen LogP contribution in [0.3, 0.4) is 0 Å². The molecule has 0 N–H and O–H groups in total. The van der Waals surface area contributed by atoms with Crippen molar-refractivity contribution < 1.29 is 13.9 Å². The van der Waals surface area contributed by atoms with Gasteiger partial charge in [-0.05, 0) is 24.6 Å². The molecule has 0 aliphatic rings. The summed E-state index contributed by atoms with van der Waals surface area (Å²) in [6, 6.07) is 24.0. The zero-order valence-corrected chi connectivity index (χ0v) is 15.3. The lowest BCUT2D eigenvalue weighted by Gasteiger charge is -2.11. The van der Waals surface area contributed by atoms with E-state index in [1.165, 1.54) is 6.92 Å². The second-order valence-corrected chi connectivity index (χ2v) is 6.52. The summed E-state index contributed by atoms with van der Waals surface area (Å²) in [5, 5.41) is 0.466. The SMILES string of the molecule is CC(=O)COc1ccc2c(=O)c(-c3ccccc3)c(-c3ccccc3)oc2c1. The molecule has 28 heavy (non-hydrogen) atoms. The summed E-state index contributed by atoms with van der Waals surface area (Å²) in [6.45, 7) is 1.43. The second kappa shape index (κ2) is 7.53. The molecule has 1 heterocycles. The minimum atomic E-state index is -0.107. The van der Waals surface area contributed by atoms with E-state index in [0.29, 0.717) is 28.0 Å². The van der Waals surface area contributed by atoms with Crippen LogP contribution in [0.15, 0.2) is 88.1 Å². The number of benzene rings is 3. The third-order valence-corrected chi connectivity index (χ3v) is 4.40. The Bertz CT molecular complexity index is 1190. The van der Waals surface area contributed by atoms with Crippen LogP contribution in [-0.2, 0) is 4.79 Å². The summed E-state index contributed by atoms with van der Waals surface area (Å²) in [6.07, 6.45) is 0. The zero-order chi connectivity index (χ0) is 19.5. The molecule has 4 aromatic rings. The number of Topliss-reactive ketones (excluding diaryl/α,β-unsaturated/α-hetero) is 1. The summed E-state index contributed by atoms with van der Waals surface area (Å²) >= 11 is 0. The largest absolute Gasteiger partial charge is 0.486 e. The Kier molecular flexibility index (Phi) is 4.77. The van der Waals surface area contributed by atoms with Crippen LogP contribution in [0.2, 0.25) is 0 Å². The summed E-state index contributed by atoms with van der Waals surface area (Å²) in [4.78, 5) is 24.5. The van der Waals surface area contributed by atoms with Gasteiger partial charge in [0.15, 0.2) is 5.78 Å². The van der Waals surface area contributed by atoms with Gasteiger partial charge in [0.1, 0.15) is 23.7 Å². The first kappa shape index (κ1) is 17.7. The van der Waals surface area contributed by atoms with Crippen molar-refractivity contribution in [1.82, 2.24) is 0 Å². The van der Waals surface area contributed by atoms with Gasteiger partial charge in [-0.3, -0.25) is 9.59 Å². The van der Waals surface area contributed by atoms with Gasteiger partial charge >= 0.3 is 0 Å². The summed E-state index contributed by atoms with van der Waals surface area (Å²) in [7, 11) is 0. The molecule has 4 heteroatoms. The molecule has 0 fully saturated rings. The van der Waals surface area contributed by atoms with E-state index in [0.717, 1.165) is 11.1 Å². The third kappa shape index (κ3) is 3.45. The van der Waals surface area contributed by atoms with Crippen LogP contribution in [-0.4, -0.2) is 12.4 Å². The standard InChI is InChI=1S/C24H18O4/c1-16(25)15-27-19-12-13-20-21(14-19)28-24(18-10-6-3-7-11-18)22(23(20)26)17-8-4-2-5-9-17/h2-14H,15H2,1H3. The van der Waals surface area contributed by atoms with E-state index < -0.39 is 0 Å². The first-order valence-electron chi connectivity index (χ1n) is 8.97. The fraction of sp³-hybridized carbons (Fsp3) is 0.0833. The Hall–Kier alpha value is -3.66. The molecule has 0 amide bonds. The van der Waals surface area contributed by atoms with Gasteiger partial charge in [-0.2, -0.15) is 0 Å². The highest BCUT2D eigenvalue weighted by Gasteiger charge is 2.18. The van der Waals surface area contributed by atoms with Gasteiger partial charge in [-0.25, -0.2) is 0 Å². The molecule has 0 unspecified atom stereocenters. The maximum atomic E-state index is 13.3. The van der Waals surface area contributed by atoms with Gasteiger partial charge < -0.3 is 9.15 Å². The van der Waals surface area contributed by atoms with Crippen molar-refractivity contribution in [1.29, 1.82) is 0 Å². The quantitative estimate of drug-likeness (QED) is 0.491. The minimum Gasteiger partial charge on any atom is -0.486 e. The first-order chi connectivity index (χ1) is 13.6. The number of rotatable bonds is 5. The first-order valence-corrected chi connectivity index (χ1v) is 8.97. The van der Waals surface area contributed by atoms with E-state index in [1.807, 2.05) is 60.7 Å². The zero-order valence-electron chi connectivity index (χ0n) is 15.3. The lowest BCUT2D eigenvalue weighted by Crippen LogP contribution is -2.09. The Balaban J connectivity index is 1.96. The molecule has 1 aromatic heterocycles. The molecular formula is C24H18O4. The molecule has 4 rings (SSSR count). The lowest BCUT2D eigenvalue weighted by atomic mass is 9.98. The lowest BCUT2D eigenvalue weighted by molar-refractivity contribution is -0.118. The van der Waals surface area contributed by atoms with Crippen LogP contribution < -0.4 is 10.2 Å². The Morgan fingerprint density at radius 1 is 0.893 bits per heavy atom. The molecule has 0 aliphatic heterocycles. The Morgan fingerprint density at radius 2 is 1.54 bits per heavy atom. The van der Waals surface area contributed by atoms with Crippen LogP contribution >= 0.6 is 0 Å².